The van der Waals surface area contributed by atoms with Crippen molar-refractivity contribution in [2.24, 2.45) is 5.73 Å². The zero-order valence-electron chi connectivity index (χ0n) is 8.48. The van der Waals surface area contributed by atoms with Gasteiger partial charge in [-0.15, -0.1) is 0 Å². The smallest absolute Gasteiger partial charge is 0.215 e. The van der Waals surface area contributed by atoms with Crippen molar-refractivity contribution in [3.63, 3.8) is 0 Å². The van der Waals surface area contributed by atoms with E-state index in [-0.39, 0.29) is 18.4 Å². The topological polar surface area (TPSA) is 72.6 Å². The summed E-state index contributed by atoms with van der Waals surface area (Å²) in [5.41, 5.74) is 5.25. The lowest BCUT2D eigenvalue weighted by Gasteiger charge is -2.30. The maximum atomic E-state index is 11.6. The van der Waals surface area contributed by atoms with E-state index < -0.39 is 10.0 Å². The second kappa shape index (κ2) is 5.06. The predicted molar refractivity (Wildman–Crippen MR) is 54.4 cm³/mol. The molecule has 1 aliphatic rings. The zero-order valence-corrected chi connectivity index (χ0v) is 9.29. The van der Waals surface area contributed by atoms with Gasteiger partial charge in [0.15, 0.2) is 0 Å². The van der Waals surface area contributed by atoms with Crippen LogP contribution in [0.3, 0.4) is 0 Å². The number of hydrogen-bond donors (Lipinski definition) is 1. The second-order valence-corrected chi connectivity index (χ2v) is 5.55. The van der Waals surface area contributed by atoms with Gasteiger partial charge >= 0.3 is 0 Å². The molecule has 1 heterocycles. The molecule has 5 nitrogen and oxygen atoms in total. The Hall–Kier alpha value is -0.170. The minimum atomic E-state index is -3.15. The van der Waals surface area contributed by atoms with Gasteiger partial charge in [-0.25, -0.2) is 8.42 Å². The molecule has 1 atom stereocenters. The van der Waals surface area contributed by atoms with Crippen LogP contribution < -0.4 is 5.73 Å². The van der Waals surface area contributed by atoms with E-state index in [0.717, 1.165) is 12.8 Å². The summed E-state index contributed by atoms with van der Waals surface area (Å²) in [5, 5.41) is 0. The molecule has 0 aromatic rings. The van der Waals surface area contributed by atoms with Crippen molar-refractivity contribution in [3.8, 4) is 0 Å². The second-order valence-electron chi connectivity index (χ2n) is 3.46. The Morgan fingerprint density at radius 2 is 2.29 bits per heavy atom. The molecule has 0 bridgehead atoms. The standard InChI is InChI=1S/C8H18N2O3S/c1-13-8-3-2-5-10(7-8)14(11,12)6-4-9/h8H,2-7,9H2,1H3. The van der Waals surface area contributed by atoms with Gasteiger partial charge in [0.2, 0.25) is 10.0 Å². The van der Waals surface area contributed by atoms with Gasteiger partial charge in [-0.05, 0) is 12.8 Å². The third kappa shape index (κ3) is 2.91. The average Bonchev–Trinajstić information content (AvgIpc) is 2.18. The fourth-order valence-electron chi connectivity index (χ4n) is 1.63. The molecule has 1 unspecified atom stereocenters. The van der Waals surface area contributed by atoms with E-state index in [1.165, 1.54) is 4.31 Å². The van der Waals surface area contributed by atoms with Gasteiger partial charge in [-0.3, -0.25) is 0 Å². The number of piperidine rings is 1. The summed E-state index contributed by atoms with van der Waals surface area (Å²) < 4.78 is 29.9. The maximum Gasteiger partial charge on any atom is 0.215 e. The zero-order chi connectivity index (χ0) is 10.6. The number of ether oxygens (including phenoxy) is 1. The van der Waals surface area contributed by atoms with E-state index in [1.807, 2.05) is 0 Å². The Morgan fingerprint density at radius 1 is 1.57 bits per heavy atom. The number of sulfonamides is 1. The Kier molecular flexibility index (Phi) is 4.31. The van der Waals surface area contributed by atoms with Crippen LogP contribution in [0.5, 0.6) is 0 Å². The minimum Gasteiger partial charge on any atom is -0.380 e. The SMILES string of the molecule is COC1CCCN(S(=O)(=O)CCN)C1. The number of hydrogen-bond acceptors (Lipinski definition) is 4. The highest BCUT2D eigenvalue weighted by atomic mass is 32.2. The van der Waals surface area contributed by atoms with Crippen molar-refractivity contribution in [2.45, 2.75) is 18.9 Å². The Bertz CT molecular complexity index is 266. The first-order valence-corrected chi connectivity index (χ1v) is 6.41. The van der Waals surface area contributed by atoms with Gasteiger partial charge in [-0.1, -0.05) is 0 Å². The molecule has 1 rings (SSSR count). The van der Waals surface area contributed by atoms with Gasteiger partial charge < -0.3 is 10.5 Å². The molecule has 2 N–H and O–H groups in total. The van der Waals surface area contributed by atoms with E-state index in [0.29, 0.717) is 13.1 Å². The maximum absolute atomic E-state index is 11.6. The molecular weight excluding hydrogens is 204 g/mol. The van der Waals surface area contributed by atoms with Crippen LogP contribution in [0.15, 0.2) is 0 Å². The lowest BCUT2D eigenvalue weighted by Crippen LogP contribution is -2.44. The molecule has 0 aromatic heterocycles. The molecule has 6 heteroatoms. The summed E-state index contributed by atoms with van der Waals surface area (Å²) in [7, 11) is -1.53. The van der Waals surface area contributed by atoms with Crippen LogP contribution in [-0.2, 0) is 14.8 Å². The average molecular weight is 222 g/mol. The van der Waals surface area contributed by atoms with Gasteiger partial charge in [0.05, 0.1) is 11.9 Å². The molecule has 84 valence electrons. The van der Waals surface area contributed by atoms with Crippen molar-refractivity contribution in [3.05, 3.63) is 0 Å². The van der Waals surface area contributed by atoms with E-state index in [4.69, 9.17) is 10.5 Å². The number of rotatable bonds is 4. The van der Waals surface area contributed by atoms with Crippen LogP contribution in [0.1, 0.15) is 12.8 Å². The number of nitrogens with two attached hydrogens (primary N) is 1. The first kappa shape index (κ1) is 11.9. The van der Waals surface area contributed by atoms with E-state index in [1.54, 1.807) is 7.11 Å². The molecular formula is C8H18N2O3S. The van der Waals surface area contributed by atoms with Crippen molar-refractivity contribution in [1.29, 1.82) is 0 Å². The summed E-state index contributed by atoms with van der Waals surface area (Å²) in [6.45, 7) is 1.25. The highest BCUT2D eigenvalue weighted by molar-refractivity contribution is 7.89. The fourth-order valence-corrected chi connectivity index (χ4v) is 2.98. The normalized spacial score (nSPS) is 25.1. The molecule has 1 saturated heterocycles. The number of methoxy groups -OCH3 is 1. The molecule has 0 spiro atoms. The fraction of sp³-hybridized carbons (Fsp3) is 1.00. The van der Waals surface area contributed by atoms with Crippen LogP contribution in [0.4, 0.5) is 0 Å². The van der Waals surface area contributed by atoms with Crippen LogP contribution in [0, 0.1) is 0 Å². The predicted octanol–water partition coefficient (Wildman–Crippen LogP) is -0.614. The van der Waals surface area contributed by atoms with Crippen molar-refractivity contribution < 1.29 is 13.2 Å². The van der Waals surface area contributed by atoms with Gasteiger partial charge in [0.1, 0.15) is 0 Å². The van der Waals surface area contributed by atoms with Crippen molar-refractivity contribution in [2.75, 3.05) is 32.5 Å². The van der Waals surface area contributed by atoms with E-state index >= 15 is 0 Å². The van der Waals surface area contributed by atoms with E-state index in [9.17, 15) is 8.42 Å². The minimum absolute atomic E-state index is 0.0312. The highest BCUT2D eigenvalue weighted by Gasteiger charge is 2.27. The summed E-state index contributed by atoms with van der Waals surface area (Å²) in [6.07, 6.45) is 1.84. The Labute approximate surface area is 85.3 Å². The van der Waals surface area contributed by atoms with Crippen LogP contribution in [0.25, 0.3) is 0 Å². The molecule has 1 aliphatic heterocycles. The van der Waals surface area contributed by atoms with Crippen molar-refractivity contribution in [1.82, 2.24) is 4.31 Å². The van der Waals surface area contributed by atoms with Crippen LogP contribution in [0.2, 0.25) is 0 Å². The molecule has 0 saturated carbocycles. The van der Waals surface area contributed by atoms with Gasteiger partial charge in [-0.2, -0.15) is 4.31 Å². The lowest BCUT2D eigenvalue weighted by molar-refractivity contribution is 0.0572. The largest absolute Gasteiger partial charge is 0.380 e. The summed E-state index contributed by atoms with van der Waals surface area (Å²) in [4.78, 5) is 0. The number of nitrogens with zero attached hydrogens (tertiary/aromatic N) is 1. The summed E-state index contributed by atoms with van der Waals surface area (Å²) in [5.74, 6) is 0.0312. The highest BCUT2D eigenvalue weighted by Crippen LogP contribution is 2.15. The quantitative estimate of drug-likeness (QED) is 0.688. The molecule has 14 heavy (non-hydrogen) atoms. The third-order valence-electron chi connectivity index (χ3n) is 2.44. The molecule has 1 fully saturated rings. The monoisotopic (exact) mass is 222 g/mol. The van der Waals surface area contributed by atoms with E-state index in [2.05, 4.69) is 0 Å². The Balaban J connectivity index is 2.59. The molecule has 0 aliphatic carbocycles. The van der Waals surface area contributed by atoms with Gasteiger partial charge in [0.25, 0.3) is 0 Å². The lowest BCUT2D eigenvalue weighted by atomic mass is 10.1. The molecule has 0 amide bonds. The molecule has 0 radical (unpaired) electrons. The third-order valence-corrected chi connectivity index (χ3v) is 4.31. The van der Waals surface area contributed by atoms with Crippen LogP contribution >= 0.6 is 0 Å². The summed E-state index contributed by atoms with van der Waals surface area (Å²) in [6, 6.07) is 0. The summed E-state index contributed by atoms with van der Waals surface area (Å²) >= 11 is 0. The van der Waals surface area contributed by atoms with Crippen LogP contribution in [-0.4, -0.2) is 51.3 Å². The first-order valence-electron chi connectivity index (χ1n) is 4.81. The first-order chi connectivity index (χ1) is 6.60. The van der Waals surface area contributed by atoms with Gasteiger partial charge in [0, 0.05) is 26.7 Å². The Morgan fingerprint density at radius 3 is 2.86 bits per heavy atom. The van der Waals surface area contributed by atoms with Crippen molar-refractivity contribution >= 4 is 10.0 Å². The molecule has 0 aromatic carbocycles.